The van der Waals surface area contributed by atoms with Crippen LogP contribution in [0.25, 0.3) is 0 Å². The van der Waals surface area contributed by atoms with E-state index >= 15 is 0 Å². The predicted octanol–water partition coefficient (Wildman–Crippen LogP) is 1.45. The van der Waals surface area contributed by atoms with E-state index in [1.54, 1.807) is 0 Å². The molecule has 4 heteroatoms. The molecule has 2 fully saturated rings. The van der Waals surface area contributed by atoms with Crippen molar-refractivity contribution < 1.29 is 4.79 Å². The third-order valence-corrected chi connectivity index (χ3v) is 4.70. The molecule has 0 aromatic carbocycles. The molecule has 0 bridgehead atoms. The zero-order chi connectivity index (χ0) is 14.0. The molecule has 0 radical (unpaired) electrons. The summed E-state index contributed by atoms with van der Waals surface area (Å²) in [6, 6.07) is 0.155. The van der Waals surface area contributed by atoms with Crippen LogP contribution in [0.1, 0.15) is 46.0 Å². The normalized spacial score (nSPS) is 31.1. The van der Waals surface area contributed by atoms with Crippen LogP contribution in [0, 0.1) is 5.92 Å². The minimum absolute atomic E-state index is 0.0515. The van der Waals surface area contributed by atoms with E-state index in [0.717, 1.165) is 25.3 Å². The van der Waals surface area contributed by atoms with Gasteiger partial charge in [-0.3, -0.25) is 4.79 Å². The summed E-state index contributed by atoms with van der Waals surface area (Å²) in [4.78, 5) is 16.7. The lowest BCUT2D eigenvalue weighted by molar-refractivity contribution is -0.134. The number of amides is 1. The van der Waals surface area contributed by atoms with E-state index in [-0.39, 0.29) is 11.6 Å². The van der Waals surface area contributed by atoms with E-state index in [4.69, 9.17) is 5.73 Å². The number of carbonyl (C=O) groups is 1. The van der Waals surface area contributed by atoms with Gasteiger partial charge in [-0.15, -0.1) is 0 Å². The summed E-state index contributed by atoms with van der Waals surface area (Å²) in [5, 5.41) is 0. The Morgan fingerprint density at radius 1 is 1.37 bits per heavy atom. The fourth-order valence-electron chi connectivity index (χ4n) is 3.68. The van der Waals surface area contributed by atoms with E-state index in [2.05, 4.69) is 25.8 Å². The Morgan fingerprint density at radius 2 is 2.11 bits per heavy atom. The van der Waals surface area contributed by atoms with Gasteiger partial charge in [0.1, 0.15) is 0 Å². The number of hydrogen-bond donors (Lipinski definition) is 1. The van der Waals surface area contributed by atoms with E-state index in [1.807, 2.05) is 4.90 Å². The summed E-state index contributed by atoms with van der Waals surface area (Å²) < 4.78 is 0. The number of likely N-dealkylation sites (tertiary alicyclic amines) is 2. The van der Waals surface area contributed by atoms with E-state index in [0.29, 0.717) is 12.3 Å². The van der Waals surface area contributed by atoms with Crippen molar-refractivity contribution in [3.63, 3.8) is 0 Å². The first kappa shape index (κ1) is 14.8. The van der Waals surface area contributed by atoms with E-state index < -0.39 is 0 Å². The Bertz CT molecular complexity index is 329. The topological polar surface area (TPSA) is 49.6 Å². The highest BCUT2D eigenvalue weighted by Gasteiger charge is 2.39. The minimum Gasteiger partial charge on any atom is -0.336 e. The molecule has 0 aromatic rings. The van der Waals surface area contributed by atoms with Gasteiger partial charge in [-0.25, -0.2) is 0 Å². The van der Waals surface area contributed by atoms with Crippen LogP contribution in [0.3, 0.4) is 0 Å². The zero-order valence-corrected chi connectivity index (χ0v) is 12.7. The minimum atomic E-state index is -0.0515. The maximum absolute atomic E-state index is 12.3. The van der Waals surface area contributed by atoms with Gasteiger partial charge in [0, 0.05) is 31.1 Å². The standard InChI is InChI=1S/C15H29N3O/c1-15(2)9-13(16)11-18(15)14(19)6-4-5-12-7-8-17(3)10-12/h12-13H,4-11,16H2,1-3H3. The molecule has 0 aromatic heterocycles. The second-order valence-corrected chi connectivity index (χ2v) is 7.09. The van der Waals surface area contributed by atoms with Crippen molar-refractivity contribution >= 4 is 5.91 Å². The fraction of sp³-hybridized carbons (Fsp3) is 0.933. The first-order valence-electron chi connectivity index (χ1n) is 7.63. The number of hydrogen-bond acceptors (Lipinski definition) is 3. The van der Waals surface area contributed by atoms with Crippen LogP contribution >= 0.6 is 0 Å². The third kappa shape index (κ3) is 3.69. The molecule has 0 aliphatic carbocycles. The van der Waals surface area contributed by atoms with Crippen LogP contribution in [-0.4, -0.2) is 54.0 Å². The maximum Gasteiger partial charge on any atom is 0.223 e. The summed E-state index contributed by atoms with van der Waals surface area (Å²) in [5.74, 6) is 1.09. The fourth-order valence-corrected chi connectivity index (χ4v) is 3.68. The molecule has 2 atom stereocenters. The van der Waals surface area contributed by atoms with E-state index in [9.17, 15) is 4.79 Å². The van der Waals surface area contributed by atoms with Gasteiger partial charge in [0.25, 0.3) is 0 Å². The molecule has 2 saturated heterocycles. The SMILES string of the molecule is CN1CCC(CCCC(=O)N2CC(N)CC2(C)C)C1. The third-order valence-electron chi connectivity index (χ3n) is 4.70. The van der Waals surface area contributed by atoms with Crippen LogP contribution in [0.4, 0.5) is 0 Å². The highest BCUT2D eigenvalue weighted by molar-refractivity contribution is 5.77. The van der Waals surface area contributed by atoms with Crippen LogP contribution < -0.4 is 5.73 Å². The van der Waals surface area contributed by atoms with Crippen LogP contribution in [0.2, 0.25) is 0 Å². The molecular weight excluding hydrogens is 238 g/mol. The second-order valence-electron chi connectivity index (χ2n) is 7.09. The monoisotopic (exact) mass is 267 g/mol. The lowest BCUT2D eigenvalue weighted by Gasteiger charge is -2.31. The quantitative estimate of drug-likeness (QED) is 0.838. The Labute approximate surface area is 117 Å². The average Bonchev–Trinajstić information content (AvgIpc) is 2.81. The molecule has 4 nitrogen and oxygen atoms in total. The molecule has 2 heterocycles. The molecule has 2 aliphatic heterocycles. The average molecular weight is 267 g/mol. The van der Waals surface area contributed by atoms with Crippen LogP contribution in [-0.2, 0) is 4.79 Å². The van der Waals surface area contributed by atoms with Crippen molar-refractivity contribution in [2.45, 2.75) is 57.5 Å². The Hall–Kier alpha value is -0.610. The van der Waals surface area contributed by atoms with Crippen molar-refractivity contribution in [2.24, 2.45) is 11.7 Å². The van der Waals surface area contributed by atoms with Crippen LogP contribution in [0.5, 0.6) is 0 Å². The van der Waals surface area contributed by atoms with Crippen molar-refractivity contribution in [2.75, 3.05) is 26.7 Å². The van der Waals surface area contributed by atoms with Crippen molar-refractivity contribution in [3.05, 3.63) is 0 Å². The lowest BCUT2D eigenvalue weighted by Crippen LogP contribution is -2.42. The smallest absolute Gasteiger partial charge is 0.223 e. The second kappa shape index (κ2) is 5.80. The maximum atomic E-state index is 12.3. The number of nitrogens with zero attached hydrogens (tertiary/aromatic N) is 2. The first-order chi connectivity index (χ1) is 8.88. The number of nitrogens with two attached hydrogens (primary N) is 1. The predicted molar refractivity (Wildman–Crippen MR) is 77.8 cm³/mol. The molecule has 1 amide bonds. The molecule has 110 valence electrons. The molecule has 19 heavy (non-hydrogen) atoms. The van der Waals surface area contributed by atoms with Gasteiger partial charge < -0.3 is 15.5 Å². The van der Waals surface area contributed by atoms with Gasteiger partial charge in [-0.1, -0.05) is 0 Å². The molecule has 0 spiro atoms. The number of carbonyl (C=O) groups excluding carboxylic acids is 1. The molecule has 0 saturated carbocycles. The van der Waals surface area contributed by atoms with Gasteiger partial charge >= 0.3 is 0 Å². The Morgan fingerprint density at radius 3 is 2.63 bits per heavy atom. The lowest BCUT2D eigenvalue weighted by atomic mass is 9.99. The Balaban J connectivity index is 1.72. The summed E-state index contributed by atoms with van der Waals surface area (Å²) in [5.41, 5.74) is 5.93. The number of rotatable bonds is 4. The molecular formula is C15H29N3O. The summed E-state index contributed by atoms with van der Waals surface area (Å²) >= 11 is 0. The molecule has 2 unspecified atom stereocenters. The molecule has 2 rings (SSSR count). The zero-order valence-electron chi connectivity index (χ0n) is 12.7. The summed E-state index contributed by atoms with van der Waals surface area (Å²) in [6.07, 6.45) is 5.13. The summed E-state index contributed by atoms with van der Waals surface area (Å²) in [7, 11) is 2.18. The van der Waals surface area contributed by atoms with Crippen molar-refractivity contribution in [1.82, 2.24) is 9.80 Å². The van der Waals surface area contributed by atoms with Gasteiger partial charge in [0.2, 0.25) is 5.91 Å². The summed E-state index contributed by atoms with van der Waals surface area (Å²) in [6.45, 7) is 7.41. The molecule has 2 N–H and O–H groups in total. The van der Waals surface area contributed by atoms with E-state index in [1.165, 1.54) is 25.9 Å². The Kier molecular flexibility index (Phi) is 4.51. The largest absolute Gasteiger partial charge is 0.336 e. The first-order valence-corrected chi connectivity index (χ1v) is 7.63. The van der Waals surface area contributed by atoms with Crippen molar-refractivity contribution in [1.29, 1.82) is 0 Å². The highest BCUT2D eigenvalue weighted by Crippen LogP contribution is 2.29. The van der Waals surface area contributed by atoms with Crippen molar-refractivity contribution in [3.8, 4) is 0 Å². The van der Waals surface area contributed by atoms with Crippen LogP contribution in [0.15, 0.2) is 0 Å². The van der Waals surface area contributed by atoms with Gasteiger partial charge in [-0.05, 0) is 59.0 Å². The van der Waals surface area contributed by atoms with Gasteiger partial charge in [-0.2, -0.15) is 0 Å². The van der Waals surface area contributed by atoms with Gasteiger partial charge in [0.05, 0.1) is 0 Å². The highest BCUT2D eigenvalue weighted by atomic mass is 16.2. The molecule has 2 aliphatic rings. The van der Waals surface area contributed by atoms with Gasteiger partial charge in [0.15, 0.2) is 0 Å².